The quantitative estimate of drug-likeness (QED) is 0.497. The van der Waals surface area contributed by atoms with Crippen LogP contribution in [0.5, 0.6) is 0 Å². The molecule has 0 aliphatic heterocycles. The molecule has 9 nitrogen and oxygen atoms in total. The molecule has 2 heterocycles. The third kappa shape index (κ3) is 6.15. The molecule has 2 amide bonds. The number of aryl methyl sites for hydroxylation is 2. The van der Waals surface area contributed by atoms with Gasteiger partial charge >= 0.3 is 0 Å². The molecule has 0 saturated heterocycles. The summed E-state index contributed by atoms with van der Waals surface area (Å²) in [5.74, 6) is 1.37. The second kappa shape index (κ2) is 10.8. The van der Waals surface area contributed by atoms with E-state index in [1.54, 1.807) is 11.0 Å². The number of carbonyl (C=O) groups excluding carboxylic acids is 2. The Morgan fingerprint density at radius 3 is 2.46 bits per heavy atom. The van der Waals surface area contributed by atoms with Crippen LogP contribution in [0.1, 0.15) is 57.3 Å². The number of amides is 2. The lowest BCUT2D eigenvalue weighted by molar-refractivity contribution is -0.127. The van der Waals surface area contributed by atoms with E-state index in [1.807, 2.05) is 44.2 Å². The molecule has 1 aromatic carbocycles. The number of carbonyl (C=O) groups is 2. The summed E-state index contributed by atoms with van der Waals surface area (Å²) in [6, 6.07) is 10.8. The summed E-state index contributed by atoms with van der Waals surface area (Å²) in [7, 11) is 0. The molecule has 1 N–H and O–H groups in total. The second-order valence-electron chi connectivity index (χ2n) is 9.79. The van der Waals surface area contributed by atoms with E-state index in [4.69, 9.17) is 4.42 Å². The number of aromatic nitrogens is 4. The van der Waals surface area contributed by atoms with Gasteiger partial charge in [-0.25, -0.2) is 0 Å². The number of benzene rings is 1. The Bertz CT molecular complexity index is 1140. The van der Waals surface area contributed by atoms with Crippen LogP contribution in [-0.4, -0.2) is 44.1 Å². The maximum atomic E-state index is 13.7. The van der Waals surface area contributed by atoms with Crippen LogP contribution in [0, 0.1) is 19.8 Å². The Morgan fingerprint density at radius 1 is 1.11 bits per heavy atom. The van der Waals surface area contributed by atoms with Gasteiger partial charge in [-0.05, 0) is 68.5 Å². The van der Waals surface area contributed by atoms with Gasteiger partial charge in [-0.2, -0.15) is 4.80 Å². The normalized spacial score (nSPS) is 14.9. The molecule has 1 aliphatic rings. The van der Waals surface area contributed by atoms with Crippen molar-refractivity contribution in [3.8, 4) is 11.6 Å². The van der Waals surface area contributed by atoms with E-state index < -0.39 is 6.04 Å². The fourth-order valence-corrected chi connectivity index (χ4v) is 4.51. The molecule has 2 aromatic heterocycles. The number of hydrogen-bond acceptors (Lipinski definition) is 6. The van der Waals surface area contributed by atoms with E-state index >= 15 is 0 Å². The van der Waals surface area contributed by atoms with E-state index in [1.165, 1.54) is 4.80 Å². The van der Waals surface area contributed by atoms with Crippen molar-refractivity contribution in [2.45, 2.75) is 78.4 Å². The summed E-state index contributed by atoms with van der Waals surface area (Å²) in [4.78, 5) is 30.1. The van der Waals surface area contributed by atoms with Gasteiger partial charge in [-0.1, -0.05) is 44.4 Å². The monoisotopic (exact) mass is 478 g/mol. The zero-order chi connectivity index (χ0) is 24.9. The molecule has 1 fully saturated rings. The number of furan rings is 1. The van der Waals surface area contributed by atoms with E-state index in [9.17, 15) is 9.59 Å². The molecular weight excluding hydrogens is 444 g/mol. The lowest BCUT2D eigenvalue weighted by Crippen LogP contribution is -2.53. The highest BCUT2D eigenvalue weighted by atomic mass is 16.3. The largest absolute Gasteiger partial charge is 0.458 e. The molecule has 1 aliphatic carbocycles. The molecule has 4 rings (SSSR count). The first-order valence-electron chi connectivity index (χ1n) is 12.3. The SMILES string of the molecule is Cc1ccc(N(C(=O)Cn2nnc(-c3ccc(C)o3)n2)C(CC(C)C)C(=O)NC2CCCC2)cc1. The molecule has 3 aromatic rings. The molecule has 1 saturated carbocycles. The molecule has 9 heteroatoms. The summed E-state index contributed by atoms with van der Waals surface area (Å²) in [6.45, 7) is 7.80. The van der Waals surface area contributed by atoms with Crippen LogP contribution < -0.4 is 10.2 Å². The summed E-state index contributed by atoms with van der Waals surface area (Å²) < 4.78 is 5.57. The first-order chi connectivity index (χ1) is 16.8. The third-order valence-electron chi connectivity index (χ3n) is 6.28. The van der Waals surface area contributed by atoms with Crippen LogP contribution in [0.3, 0.4) is 0 Å². The highest BCUT2D eigenvalue weighted by Gasteiger charge is 2.33. The highest BCUT2D eigenvalue weighted by Crippen LogP contribution is 2.25. The van der Waals surface area contributed by atoms with E-state index in [-0.39, 0.29) is 30.3 Å². The van der Waals surface area contributed by atoms with Crippen LogP contribution in [0.2, 0.25) is 0 Å². The number of anilines is 1. The van der Waals surface area contributed by atoms with Gasteiger partial charge in [-0.15, -0.1) is 10.2 Å². The van der Waals surface area contributed by atoms with Crippen molar-refractivity contribution in [1.29, 1.82) is 0 Å². The Hall–Kier alpha value is -3.49. The molecule has 0 spiro atoms. The molecule has 1 atom stereocenters. The molecule has 0 radical (unpaired) electrons. The predicted molar refractivity (Wildman–Crippen MR) is 133 cm³/mol. The van der Waals surface area contributed by atoms with Gasteiger partial charge in [0.15, 0.2) is 5.76 Å². The summed E-state index contributed by atoms with van der Waals surface area (Å²) in [6.07, 6.45) is 4.75. The zero-order valence-corrected chi connectivity index (χ0v) is 20.9. The summed E-state index contributed by atoms with van der Waals surface area (Å²) in [5, 5.41) is 15.6. The van der Waals surface area contributed by atoms with Crippen LogP contribution in [0.15, 0.2) is 40.8 Å². The van der Waals surface area contributed by atoms with Crippen molar-refractivity contribution < 1.29 is 14.0 Å². The van der Waals surface area contributed by atoms with Crippen molar-refractivity contribution in [3.63, 3.8) is 0 Å². The van der Waals surface area contributed by atoms with Crippen LogP contribution in [0.25, 0.3) is 11.6 Å². The Kier molecular flexibility index (Phi) is 7.63. The predicted octanol–water partition coefficient (Wildman–Crippen LogP) is 4.06. The number of nitrogens with zero attached hydrogens (tertiary/aromatic N) is 5. The molecular formula is C26H34N6O3. The summed E-state index contributed by atoms with van der Waals surface area (Å²) >= 11 is 0. The zero-order valence-electron chi connectivity index (χ0n) is 20.9. The van der Waals surface area contributed by atoms with Gasteiger partial charge in [0.2, 0.25) is 11.7 Å². The van der Waals surface area contributed by atoms with Crippen molar-refractivity contribution >= 4 is 17.5 Å². The Balaban J connectivity index is 1.61. The van der Waals surface area contributed by atoms with Crippen molar-refractivity contribution in [2.24, 2.45) is 5.92 Å². The highest BCUT2D eigenvalue weighted by molar-refractivity contribution is 6.00. The maximum absolute atomic E-state index is 13.7. The van der Waals surface area contributed by atoms with E-state index in [2.05, 4.69) is 34.6 Å². The van der Waals surface area contributed by atoms with Gasteiger partial charge in [0.25, 0.3) is 5.91 Å². The first kappa shape index (κ1) is 24.6. The van der Waals surface area contributed by atoms with Crippen LogP contribution >= 0.6 is 0 Å². The lowest BCUT2D eigenvalue weighted by atomic mass is 9.99. The van der Waals surface area contributed by atoms with Crippen LogP contribution in [-0.2, 0) is 16.1 Å². The van der Waals surface area contributed by atoms with Gasteiger partial charge in [0.05, 0.1) is 0 Å². The minimum absolute atomic E-state index is 0.113. The van der Waals surface area contributed by atoms with Crippen molar-refractivity contribution in [2.75, 3.05) is 4.90 Å². The van der Waals surface area contributed by atoms with E-state index in [0.717, 1.165) is 37.0 Å². The number of rotatable bonds is 9. The topological polar surface area (TPSA) is 106 Å². The second-order valence-corrected chi connectivity index (χ2v) is 9.79. The third-order valence-corrected chi connectivity index (χ3v) is 6.28. The first-order valence-corrected chi connectivity index (χ1v) is 12.3. The van der Waals surface area contributed by atoms with Crippen molar-refractivity contribution in [1.82, 2.24) is 25.5 Å². The van der Waals surface area contributed by atoms with Gasteiger partial charge in [0, 0.05) is 11.7 Å². The smallest absolute Gasteiger partial charge is 0.251 e. The Labute approximate surface area is 205 Å². The van der Waals surface area contributed by atoms with Gasteiger partial charge < -0.3 is 9.73 Å². The van der Waals surface area contributed by atoms with Crippen molar-refractivity contribution in [3.05, 3.63) is 47.7 Å². The minimum Gasteiger partial charge on any atom is -0.458 e. The number of nitrogens with one attached hydrogen (secondary N) is 1. The minimum atomic E-state index is -0.637. The fourth-order valence-electron chi connectivity index (χ4n) is 4.51. The fraction of sp³-hybridized carbons (Fsp3) is 0.500. The molecule has 0 bridgehead atoms. The lowest BCUT2D eigenvalue weighted by Gasteiger charge is -2.33. The average molecular weight is 479 g/mol. The molecule has 35 heavy (non-hydrogen) atoms. The summed E-state index contributed by atoms with van der Waals surface area (Å²) in [5.41, 5.74) is 1.75. The number of hydrogen-bond donors (Lipinski definition) is 1. The Morgan fingerprint density at radius 2 is 1.83 bits per heavy atom. The van der Waals surface area contributed by atoms with Crippen LogP contribution in [0.4, 0.5) is 5.69 Å². The van der Waals surface area contributed by atoms with E-state index in [0.29, 0.717) is 23.7 Å². The number of tetrazole rings is 1. The van der Waals surface area contributed by atoms with Gasteiger partial charge in [0.1, 0.15) is 18.3 Å². The molecule has 1 unspecified atom stereocenters. The standard InChI is InChI=1S/C26H34N6O3/c1-17(2)15-22(26(34)27-20-7-5-6-8-20)32(21-12-9-18(3)10-13-21)24(33)16-31-29-25(28-30-31)23-14-11-19(4)35-23/h9-14,17,20,22H,5-8,15-16H2,1-4H3,(H,27,34). The molecule has 186 valence electrons. The maximum Gasteiger partial charge on any atom is 0.251 e. The average Bonchev–Trinajstić information content (AvgIpc) is 3.57. The van der Waals surface area contributed by atoms with Gasteiger partial charge in [-0.3, -0.25) is 14.5 Å².